The first-order valence-corrected chi connectivity index (χ1v) is 10.9. The molecule has 174 valence electrons. The quantitative estimate of drug-likeness (QED) is 0.422. The smallest absolute Gasteiger partial charge is 0.127 e. The molecule has 32 heavy (non-hydrogen) atoms. The second-order valence-electron chi connectivity index (χ2n) is 7.58. The Morgan fingerprint density at radius 3 is 2.41 bits per heavy atom. The van der Waals surface area contributed by atoms with Gasteiger partial charge in [0, 0.05) is 10.6 Å². The Hall–Kier alpha value is -2.13. The summed E-state index contributed by atoms with van der Waals surface area (Å²) in [5.74, 6) is 1.13. The second-order valence-corrected chi connectivity index (χ2v) is 7.99. The third-order valence-corrected chi connectivity index (χ3v) is 5.72. The van der Waals surface area contributed by atoms with Gasteiger partial charge in [0.25, 0.3) is 0 Å². The predicted octanol–water partition coefficient (Wildman–Crippen LogP) is 2.41. The van der Waals surface area contributed by atoms with Crippen molar-refractivity contribution in [2.45, 2.75) is 43.9 Å². The van der Waals surface area contributed by atoms with Gasteiger partial charge in [-0.3, -0.25) is 0 Å². The number of aliphatic hydroxyl groups excluding tert-OH is 4. The van der Waals surface area contributed by atoms with Crippen LogP contribution in [0.15, 0.2) is 49.1 Å². The van der Waals surface area contributed by atoms with E-state index < -0.39 is 37.1 Å². The Bertz CT molecular complexity index is 900. The predicted molar refractivity (Wildman–Crippen MR) is 120 cm³/mol. The summed E-state index contributed by atoms with van der Waals surface area (Å²) >= 11 is 6.53. The minimum absolute atomic E-state index is 0.193. The van der Waals surface area contributed by atoms with Crippen molar-refractivity contribution in [2.75, 3.05) is 19.8 Å². The third-order valence-electron chi connectivity index (χ3n) is 5.36. The average Bonchev–Trinajstić information content (AvgIpc) is 2.79. The molecule has 7 nitrogen and oxygen atoms in total. The number of aliphatic hydroxyl groups is 4. The highest BCUT2D eigenvalue weighted by atomic mass is 35.5. The maximum absolute atomic E-state index is 10.6. The number of rotatable bonds is 9. The SMILES string of the molecule is C=CCOc1cc(Cl)c(Cc2ccc(OCC)cc2)cc1C1O[C@H](CO)[C@@H](O)[C@H](O)[C@H]1O. The minimum atomic E-state index is -1.50. The molecular weight excluding hydrogens is 436 g/mol. The number of benzene rings is 2. The Kier molecular flexibility index (Phi) is 8.53. The monoisotopic (exact) mass is 464 g/mol. The van der Waals surface area contributed by atoms with Gasteiger partial charge in [0.2, 0.25) is 0 Å². The highest BCUT2D eigenvalue weighted by molar-refractivity contribution is 6.31. The molecular formula is C24H29ClO7. The summed E-state index contributed by atoms with van der Waals surface area (Å²) in [6, 6.07) is 11.0. The normalized spacial score (nSPS) is 25.4. The largest absolute Gasteiger partial charge is 0.494 e. The van der Waals surface area contributed by atoms with Gasteiger partial charge in [0.1, 0.15) is 48.6 Å². The summed E-state index contributed by atoms with van der Waals surface area (Å²) in [5.41, 5.74) is 2.21. The van der Waals surface area contributed by atoms with Crippen LogP contribution in [0.3, 0.4) is 0 Å². The Balaban J connectivity index is 1.96. The van der Waals surface area contributed by atoms with Crippen LogP contribution >= 0.6 is 11.6 Å². The van der Waals surface area contributed by atoms with E-state index in [4.69, 9.17) is 25.8 Å². The molecule has 0 saturated carbocycles. The van der Waals surface area contributed by atoms with Crippen LogP contribution in [0.25, 0.3) is 0 Å². The lowest BCUT2D eigenvalue weighted by Gasteiger charge is -2.40. The summed E-state index contributed by atoms with van der Waals surface area (Å²) < 4.78 is 17.0. The van der Waals surface area contributed by atoms with Crippen molar-refractivity contribution in [1.29, 1.82) is 0 Å². The van der Waals surface area contributed by atoms with Gasteiger partial charge in [-0.25, -0.2) is 0 Å². The van der Waals surface area contributed by atoms with Crippen molar-refractivity contribution in [3.8, 4) is 11.5 Å². The fourth-order valence-electron chi connectivity index (χ4n) is 3.70. The van der Waals surface area contributed by atoms with Gasteiger partial charge in [-0.05, 0) is 48.7 Å². The molecule has 2 aromatic rings. The third kappa shape index (κ3) is 5.43. The summed E-state index contributed by atoms with van der Waals surface area (Å²) in [6.07, 6.45) is -4.38. The van der Waals surface area contributed by atoms with Crippen LogP contribution in [0, 0.1) is 0 Å². The zero-order valence-corrected chi connectivity index (χ0v) is 18.6. The lowest BCUT2D eigenvalue weighted by molar-refractivity contribution is -0.232. The van der Waals surface area contributed by atoms with Crippen LogP contribution in [0.1, 0.15) is 29.7 Å². The van der Waals surface area contributed by atoms with Crippen LogP contribution in [0.4, 0.5) is 0 Å². The van der Waals surface area contributed by atoms with Crippen molar-refractivity contribution in [2.24, 2.45) is 0 Å². The van der Waals surface area contributed by atoms with E-state index in [0.717, 1.165) is 16.9 Å². The molecule has 1 saturated heterocycles. The lowest BCUT2D eigenvalue weighted by Crippen LogP contribution is -2.55. The molecule has 0 radical (unpaired) electrons. The van der Waals surface area contributed by atoms with Crippen LogP contribution in [-0.4, -0.2) is 64.7 Å². The topological polar surface area (TPSA) is 109 Å². The van der Waals surface area contributed by atoms with Gasteiger partial charge >= 0.3 is 0 Å². The molecule has 1 unspecified atom stereocenters. The average molecular weight is 465 g/mol. The number of ether oxygens (including phenoxy) is 3. The van der Waals surface area contributed by atoms with E-state index in [1.807, 2.05) is 31.2 Å². The first-order chi connectivity index (χ1) is 15.4. The van der Waals surface area contributed by atoms with Crippen LogP contribution in [-0.2, 0) is 11.2 Å². The highest BCUT2D eigenvalue weighted by Crippen LogP contribution is 2.40. The Morgan fingerprint density at radius 2 is 1.78 bits per heavy atom. The molecule has 5 atom stereocenters. The molecule has 2 aromatic carbocycles. The standard InChI is InChI=1S/C24H29ClO7/c1-3-9-31-19-12-18(25)15(10-14-5-7-16(8-6-14)30-4-2)11-17(19)24-23(29)22(28)21(27)20(13-26)32-24/h3,5-8,11-12,20-24,26-29H,1,4,9-10,13H2,2H3/t20-,21-,22+,23-,24?/m1/s1. The van der Waals surface area contributed by atoms with Crippen LogP contribution in [0.2, 0.25) is 5.02 Å². The van der Waals surface area contributed by atoms with Crippen molar-refractivity contribution in [3.05, 3.63) is 70.8 Å². The van der Waals surface area contributed by atoms with E-state index in [1.54, 1.807) is 18.2 Å². The molecule has 1 aliphatic rings. The molecule has 1 heterocycles. The van der Waals surface area contributed by atoms with E-state index in [2.05, 4.69) is 6.58 Å². The number of hydrogen-bond acceptors (Lipinski definition) is 7. The van der Waals surface area contributed by atoms with Gasteiger partial charge in [0.05, 0.1) is 13.2 Å². The number of hydrogen-bond donors (Lipinski definition) is 4. The maximum atomic E-state index is 10.6. The zero-order chi connectivity index (χ0) is 23.3. The highest BCUT2D eigenvalue weighted by Gasteiger charge is 2.45. The molecule has 0 aromatic heterocycles. The minimum Gasteiger partial charge on any atom is -0.494 e. The van der Waals surface area contributed by atoms with Gasteiger partial charge in [-0.1, -0.05) is 36.4 Å². The van der Waals surface area contributed by atoms with Crippen molar-refractivity contribution in [3.63, 3.8) is 0 Å². The van der Waals surface area contributed by atoms with Crippen LogP contribution < -0.4 is 9.47 Å². The van der Waals surface area contributed by atoms with Gasteiger partial charge < -0.3 is 34.6 Å². The first-order valence-electron chi connectivity index (χ1n) is 10.5. The Morgan fingerprint density at radius 1 is 1.06 bits per heavy atom. The van der Waals surface area contributed by atoms with Crippen molar-refractivity contribution in [1.82, 2.24) is 0 Å². The lowest BCUT2D eigenvalue weighted by atomic mass is 9.89. The molecule has 0 amide bonds. The molecule has 0 spiro atoms. The van der Waals surface area contributed by atoms with Gasteiger partial charge in [-0.2, -0.15) is 0 Å². The van der Waals surface area contributed by atoms with Crippen molar-refractivity contribution >= 4 is 11.6 Å². The summed E-state index contributed by atoms with van der Waals surface area (Å²) in [4.78, 5) is 0. The molecule has 1 fully saturated rings. The Labute approximate surface area is 192 Å². The van der Waals surface area contributed by atoms with E-state index >= 15 is 0 Å². The maximum Gasteiger partial charge on any atom is 0.127 e. The fraction of sp³-hybridized carbons (Fsp3) is 0.417. The second kappa shape index (κ2) is 11.1. The van der Waals surface area contributed by atoms with E-state index in [9.17, 15) is 20.4 Å². The van der Waals surface area contributed by atoms with E-state index in [-0.39, 0.29) is 6.61 Å². The number of halogens is 1. The fourth-order valence-corrected chi connectivity index (χ4v) is 3.92. The van der Waals surface area contributed by atoms with Gasteiger partial charge in [-0.15, -0.1) is 0 Å². The first kappa shape index (κ1) is 24.5. The molecule has 0 aliphatic carbocycles. The summed E-state index contributed by atoms with van der Waals surface area (Å²) in [5, 5.41) is 41.0. The van der Waals surface area contributed by atoms with Gasteiger partial charge in [0.15, 0.2) is 0 Å². The molecule has 4 N–H and O–H groups in total. The van der Waals surface area contributed by atoms with Crippen LogP contribution in [0.5, 0.6) is 11.5 Å². The summed E-state index contributed by atoms with van der Waals surface area (Å²) in [7, 11) is 0. The molecule has 3 rings (SSSR count). The molecule has 1 aliphatic heterocycles. The molecule has 8 heteroatoms. The van der Waals surface area contributed by atoms with Crippen molar-refractivity contribution < 1.29 is 34.6 Å². The zero-order valence-electron chi connectivity index (χ0n) is 17.9. The summed E-state index contributed by atoms with van der Waals surface area (Å²) in [6.45, 7) is 5.82. The van der Waals surface area contributed by atoms with E-state index in [0.29, 0.717) is 29.4 Å². The van der Waals surface area contributed by atoms with E-state index in [1.165, 1.54) is 0 Å². The molecule has 0 bridgehead atoms.